The predicted molar refractivity (Wildman–Crippen MR) is 68.0 cm³/mol. The van der Waals surface area contributed by atoms with Gasteiger partial charge in [-0.2, -0.15) is 0 Å². The van der Waals surface area contributed by atoms with Crippen molar-refractivity contribution in [3.8, 4) is 0 Å². The van der Waals surface area contributed by atoms with Crippen LogP contribution in [0.3, 0.4) is 0 Å². The Hall–Kier alpha value is -0.910. The van der Waals surface area contributed by atoms with Crippen LogP contribution in [0.4, 0.5) is 0 Å². The number of carbonyl (C=O) groups is 1. The molecule has 4 nitrogen and oxygen atoms in total. The molecule has 5 heteroatoms. The Labute approximate surface area is 106 Å². The van der Waals surface area contributed by atoms with E-state index in [1.807, 2.05) is 12.1 Å². The summed E-state index contributed by atoms with van der Waals surface area (Å²) in [5, 5.41) is 12.3. The lowest BCUT2D eigenvalue weighted by Crippen LogP contribution is -2.17. The normalized spacial score (nSPS) is 12.4. The van der Waals surface area contributed by atoms with Crippen LogP contribution in [0.25, 0.3) is 0 Å². The lowest BCUT2D eigenvalue weighted by atomic mass is 10.3. The molecule has 96 valence electrons. The van der Waals surface area contributed by atoms with Gasteiger partial charge < -0.3 is 15.2 Å². The topological polar surface area (TPSA) is 58.6 Å². The number of methoxy groups -OCH3 is 1. The largest absolute Gasteiger partial charge is 0.469 e. The molecule has 1 atom stereocenters. The maximum absolute atomic E-state index is 11.1. The number of aliphatic hydroxyl groups is 1. The summed E-state index contributed by atoms with van der Waals surface area (Å²) in [6.45, 7) is 3.35. The number of hydrogen-bond acceptors (Lipinski definition) is 5. The molecule has 1 aromatic rings. The Bertz CT molecular complexity index is 349. The van der Waals surface area contributed by atoms with Gasteiger partial charge in [0, 0.05) is 16.3 Å². The highest BCUT2D eigenvalue weighted by Gasteiger charge is 2.06. The van der Waals surface area contributed by atoms with E-state index < -0.39 is 0 Å². The Morgan fingerprint density at radius 3 is 2.88 bits per heavy atom. The van der Waals surface area contributed by atoms with Crippen molar-refractivity contribution in [2.24, 2.45) is 0 Å². The fourth-order valence-electron chi connectivity index (χ4n) is 1.35. The summed E-state index contributed by atoms with van der Waals surface area (Å²) in [4.78, 5) is 13.3. The summed E-state index contributed by atoms with van der Waals surface area (Å²) in [5.41, 5.74) is 0. The predicted octanol–water partition coefficient (Wildman–Crippen LogP) is 1.32. The van der Waals surface area contributed by atoms with E-state index in [0.29, 0.717) is 6.42 Å². The molecule has 0 bridgehead atoms. The first-order valence-corrected chi connectivity index (χ1v) is 6.46. The zero-order valence-electron chi connectivity index (χ0n) is 10.2. The number of nitrogens with one attached hydrogen (secondary N) is 1. The number of carbonyl (C=O) groups excluding carboxylic acids is 1. The molecule has 0 fully saturated rings. The number of rotatable bonds is 7. The fraction of sp³-hybridized carbons (Fsp3) is 0.583. The highest BCUT2D eigenvalue weighted by Crippen LogP contribution is 2.17. The van der Waals surface area contributed by atoms with E-state index >= 15 is 0 Å². The third kappa shape index (κ3) is 5.81. The van der Waals surface area contributed by atoms with Crippen LogP contribution in [0.2, 0.25) is 0 Å². The molecule has 0 aliphatic heterocycles. The van der Waals surface area contributed by atoms with E-state index in [9.17, 15) is 4.79 Å². The van der Waals surface area contributed by atoms with E-state index in [1.54, 1.807) is 18.3 Å². The third-order valence-electron chi connectivity index (χ3n) is 2.30. The van der Waals surface area contributed by atoms with E-state index in [-0.39, 0.29) is 12.1 Å². The lowest BCUT2D eigenvalue weighted by Gasteiger charge is -2.04. The van der Waals surface area contributed by atoms with E-state index in [4.69, 9.17) is 5.11 Å². The first kappa shape index (κ1) is 14.2. The molecule has 0 aliphatic carbocycles. The minimum absolute atomic E-state index is 0.208. The highest BCUT2D eigenvalue weighted by molar-refractivity contribution is 7.12. The van der Waals surface area contributed by atoms with Crippen molar-refractivity contribution >= 4 is 17.3 Å². The van der Waals surface area contributed by atoms with Crippen LogP contribution in [0.1, 0.15) is 23.1 Å². The maximum atomic E-state index is 11.1. The quantitative estimate of drug-likeness (QED) is 0.571. The second-order valence-corrected chi connectivity index (χ2v) is 5.19. The SMILES string of the molecule is COC(=O)Cc1ccc(CNCCC(C)O)s1. The van der Waals surface area contributed by atoms with Gasteiger partial charge in [-0.05, 0) is 32.0 Å². The van der Waals surface area contributed by atoms with Crippen LogP contribution < -0.4 is 5.32 Å². The molecular formula is C12H19NO3S. The van der Waals surface area contributed by atoms with Crippen LogP contribution in [0.5, 0.6) is 0 Å². The van der Waals surface area contributed by atoms with Gasteiger partial charge in [0.25, 0.3) is 0 Å². The number of hydrogen-bond donors (Lipinski definition) is 2. The highest BCUT2D eigenvalue weighted by atomic mass is 32.1. The molecule has 0 saturated heterocycles. The average Bonchev–Trinajstić information content (AvgIpc) is 2.72. The molecule has 1 rings (SSSR count). The molecule has 0 spiro atoms. The third-order valence-corrected chi connectivity index (χ3v) is 3.39. The molecule has 17 heavy (non-hydrogen) atoms. The first-order chi connectivity index (χ1) is 8.11. The fourth-order valence-corrected chi connectivity index (χ4v) is 2.32. The van der Waals surface area contributed by atoms with Gasteiger partial charge in [0.15, 0.2) is 0 Å². The molecule has 0 amide bonds. The number of esters is 1. The van der Waals surface area contributed by atoms with Gasteiger partial charge in [0.2, 0.25) is 0 Å². The van der Waals surface area contributed by atoms with E-state index in [0.717, 1.165) is 24.4 Å². The number of aliphatic hydroxyl groups excluding tert-OH is 1. The Kier molecular flexibility index (Phi) is 6.18. The lowest BCUT2D eigenvalue weighted by molar-refractivity contribution is -0.139. The minimum Gasteiger partial charge on any atom is -0.469 e. The van der Waals surface area contributed by atoms with Crippen LogP contribution in [0.15, 0.2) is 12.1 Å². The maximum Gasteiger partial charge on any atom is 0.310 e. The molecule has 0 aliphatic rings. The Balaban J connectivity index is 2.28. The summed E-state index contributed by atoms with van der Waals surface area (Å²) in [5.74, 6) is -0.208. The van der Waals surface area contributed by atoms with Crippen LogP contribution in [-0.2, 0) is 22.5 Å². The molecule has 2 N–H and O–H groups in total. The smallest absolute Gasteiger partial charge is 0.310 e. The van der Waals surface area contributed by atoms with Crippen molar-refractivity contribution in [3.05, 3.63) is 21.9 Å². The van der Waals surface area contributed by atoms with Crippen molar-refractivity contribution in [3.63, 3.8) is 0 Å². The number of ether oxygens (including phenoxy) is 1. The van der Waals surface area contributed by atoms with Crippen molar-refractivity contribution in [1.82, 2.24) is 5.32 Å². The van der Waals surface area contributed by atoms with Gasteiger partial charge >= 0.3 is 5.97 Å². The monoisotopic (exact) mass is 257 g/mol. The molecule has 0 radical (unpaired) electrons. The first-order valence-electron chi connectivity index (χ1n) is 5.65. The average molecular weight is 257 g/mol. The summed E-state index contributed by atoms with van der Waals surface area (Å²) in [6, 6.07) is 3.96. The van der Waals surface area contributed by atoms with Gasteiger partial charge in [0.05, 0.1) is 19.6 Å². The molecule has 1 unspecified atom stereocenters. The summed E-state index contributed by atoms with van der Waals surface area (Å²) < 4.78 is 4.61. The molecule has 0 aromatic carbocycles. The van der Waals surface area contributed by atoms with Crippen LogP contribution in [0, 0.1) is 0 Å². The zero-order valence-corrected chi connectivity index (χ0v) is 11.0. The van der Waals surface area contributed by atoms with Crippen LogP contribution in [-0.4, -0.2) is 30.8 Å². The minimum atomic E-state index is -0.263. The van der Waals surface area contributed by atoms with E-state index in [2.05, 4.69) is 10.1 Å². The summed E-state index contributed by atoms with van der Waals surface area (Å²) >= 11 is 1.61. The standard InChI is InChI=1S/C12H19NO3S/c1-9(14)5-6-13-8-11-4-3-10(17-11)7-12(15)16-2/h3-4,9,13-14H,5-8H2,1-2H3. The van der Waals surface area contributed by atoms with Crippen molar-refractivity contribution in [2.75, 3.05) is 13.7 Å². The molecule has 1 heterocycles. The molecule has 0 saturated carbocycles. The molecule has 1 aromatic heterocycles. The summed E-state index contributed by atoms with van der Waals surface area (Å²) in [7, 11) is 1.40. The Morgan fingerprint density at radius 1 is 1.53 bits per heavy atom. The number of thiophene rings is 1. The van der Waals surface area contributed by atoms with Gasteiger partial charge in [-0.3, -0.25) is 4.79 Å². The van der Waals surface area contributed by atoms with E-state index in [1.165, 1.54) is 12.0 Å². The molecular weight excluding hydrogens is 238 g/mol. The second-order valence-electron chi connectivity index (χ2n) is 3.94. The zero-order chi connectivity index (χ0) is 12.7. The van der Waals surface area contributed by atoms with Crippen molar-refractivity contribution in [1.29, 1.82) is 0 Å². The summed E-state index contributed by atoms with van der Waals surface area (Å²) in [6.07, 6.45) is 0.829. The van der Waals surface area contributed by atoms with Gasteiger partial charge in [0.1, 0.15) is 0 Å². The second kappa shape index (κ2) is 7.42. The van der Waals surface area contributed by atoms with Crippen molar-refractivity contribution < 1.29 is 14.6 Å². The van der Waals surface area contributed by atoms with Gasteiger partial charge in [-0.15, -0.1) is 11.3 Å². The van der Waals surface area contributed by atoms with Gasteiger partial charge in [-0.25, -0.2) is 0 Å². The van der Waals surface area contributed by atoms with Gasteiger partial charge in [-0.1, -0.05) is 0 Å². The van der Waals surface area contributed by atoms with Crippen molar-refractivity contribution in [2.45, 2.75) is 32.4 Å². The Morgan fingerprint density at radius 2 is 2.24 bits per heavy atom. The van der Waals surface area contributed by atoms with Crippen LogP contribution >= 0.6 is 11.3 Å².